The molecule has 10 aromatic rings. The molecule has 11 rings (SSSR count). The van der Waals surface area contributed by atoms with Gasteiger partial charge in [0.15, 0.2) is 0 Å². The third-order valence-electron chi connectivity index (χ3n) is 16.4. The predicted molar refractivity (Wildman–Crippen MR) is 348 cm³/mol. The van der Waals surface area contributed by atoms with E-state index in [4.69, 9.17) is 9.41 Å². The lowest BCUT2D eigenvalue weighted by Gasteiger charge is -2.36. The van der Waals surface area contributed by atoms with Crippen LogP contribution in [0, 0.1) is 0 Å². The molecule has 0 unspecified atom stereocenters. The summed E-state index contributed by atoms with van der Waals surface area (Å²) in [4.78, 5) is 10.2. The van der Waals surface area contributed by atoms with Gasteiger partial charge in [0.2, 0.25) is 0 Å². The van der Waals surface area contributed by atoms with E-state index in [1.165, 1.54) is 21.5 Å². The molecular formula is C73H75N3OSi2. The molecule has 6 heteroatoms. The molecule has 0 N–H and O–H groups in total. The molecule has 0 radical (unpaired) electrons. The summed E-state index contributed by atoms with van der Waals surface area (Å²) in [5.74, 6) is 0. The molecule has 0 amide bonds. The highest BCUT2D eigenvalue weighted by Crippen LogP contribution is 2.65. The number of benzene rings is 9. The molecule has 0 atom stereocenters. The Labute approximate surface area is 471 Å². The van der Waals surface area contributed by atoms with Gasteiger partial charge in [-0.25, -0.2) is 0 Å². The second-order valence-electron chi connectivity index (χ2n) is 25.7. The maximum absolute atomic E-state index is 7.49. The zero-order valence-electron chi connectivity index (χ0n) is 48.6. The Bertz CT molecular complexity index is 3770. The number of allylic oxidation sites excluding steroid dienone is 1. The van der Waals surface area contributed by atoms with E-state index in [-0.39, 0.29) is 10.8 Å². The van der Waals surface area contributed by atoms with Crippen LogP contribution in [0.3, 0.4) is 0 Å². The van der Waals surface area contributed by atoms with Gasteiger partial charge in [0.1, 0.15) is 11.2 Å². The van der Waals surface area contributed by atoms with E-state index < -0.39 is 21.6 Å². The molecule has 0 saturated carbocycles. The molecule has 1 heterocycles. The lowest BCUT2D eigenvalue weighted by Crippen LogP contribution is -2.37. The van der Waals surface area contributed by atoms with E-state index in [0.717, 1.165) is 101 Å². The molecule has 0 fully saturated rings. The fraction of sp³-hybridized carbons (Fsp3) is 0.219. The summed E-state index contributed by atoms with van der Waals surface area (Å²) in [7, 11) is -3.28. The Hall–Kier alpha value is -7.78. The first-order chi connectivity index (χ1) is 37.6. The molecule has 1 aromatic heterocycles. The largest absolute Gasteiger partial charge is 0.455 e. The van der Waals surface area contributed by atoms with Crippen molar-refractivity contribution in [2.24, 2.45) is 4.99 Å². The highest BCUT2D eigenvalue weighted by molar-refractivity contribution is 6.89. The predicted octanol–water partition coefficient (Wildman–Crippen LogP) is 19.9. The molecule has 1 aliphatic rings. The second-order valence-corrected chi connectivity index (χ2v) is 35.9. The van der Waals surface area contributed by atoms with Crippen molar-refractivity contribution in [2.45, 2.75) is 104 Å². The van der Waals surface area contributed by atoms with Crippen LogP contribution < -0.4 is 20.2 Å². The van der Waals surface area contributed by atoms with Crippen molar-refractivity contribution in [1.82, 2.24) is 0 Å². The van der Waals surface area contributed by atoms with Crippen LogP contribution >= 0.6 is 0 Å². The van der Waals surface area contributed by atoms with Crippen LogP contribution in [0.15, 0.2) is 210 Å². The number of furan rings is 1. The minimum absolute atomic E-state index is 0.0214. The third kappa shape index (κ3) is 9.23. The molecule has 79 heavy (non-hydrogen) atoms. The quantitative estimate of drug-likeness (QED) is 0.0903. The van der Waals surface area contributed by atoms with E-state index >= 15 is 0 Å². The highest BCUT2D eigenvalue weighted by Gasteiger charge is 2.50. The summed E-state index contributed by atoms with van der Waals surface area (Å²) in [6.45, 7) is 34.8. The van der Waals surface area contributed by atoms with Crippen LogP contribution in [-0.2, 0) is 16.2 Å². The van der Waals surface area contributed by atoms with Crippen LogP contribution in [0.5, 0.6) is 0 Å². The number of hydrogen-bond acceptors (Lipinski definition) is 4. The van der Waals surface area contributed by atoms with Crippen molar-refractivity contribution in [1.29, 1.82) is 0 Å². The van der Waals surface area contributed by atoms with E-state index in [2.05, 4.69) is 311 Å². The van der Waals surface area contributed by atoms with Gasteiger partial charge < -0.3 is 14.2 Å². The van der Waals surface area contributed by atoms with Gasteiger partial charge in [0.25, 0.3) is 0 Å². The second kappa shape index (κ2) is 19.8. The van der Waals surface area contributed by atoms with Crippen LogP contribution in [0.2, 0.25) is 39.3 Å². The molecular weight excluding hydrogens is 991 g/mol. The van der Waals surface area contributed by atoms with Crippen molar-refractivity contribution in [2.75, 3.05) is 9.80 Å². The first-order valence-corrected chi connectivity index (χ1v) is 35.1. The van der Waals surface area contributed by atoms with Gasteiger partial charge in [-0.1, -0.05) is 231 Å². The fourth-order valence-electron chi connectivity index (χ4n) is 12.1. The monoisotopic (exact) mass is 1070 g/mol. The van der Waals surface area contributed by atoms with Crippen LogP contribution in [0.25, 0.3) is 39.1 Å². The van der Waals surface area contributed by atoms with Crippen molar-refractivity contribution in [3.05, 3.63) is 239 Å². The molecule has 396 valence electrons. The van der Waals surface area contributed by atoms with Crippen LogP contribution in [0.1, 0.15) is 87.4 Å². The van der Waals surface area contributed by atoms with Gasteiger partial charge in [-0.2, -0.15) is 0 Å². The maximum Gasteiger partial charge on any atom is 0.145 e. The Morgan fingerprint density at radius 3 is 1.33 bits per heavy atom. The first-order valence-electron chi connectivity index (χ1n) is 28.1. The van der Waals surface area contributed by atoms with Gasteiger partial charge >= 0.3 is 0 Å². The highest BCUT2D eigenvalue weighted by atomic mass is 28.3. The Morgan fingerprint density at radius 1 is 0.494 bits per heavy atom. The molecule has 0 saturated heterocycles. The summed E-state index contributed by atoms with van der Waals surface area (Å²) >= 11 is 0. The number of anilines is 6. The Morgan fingerprint density at radius 2 is 0.899 bits per heavy atom. The van der Waals surface area contributed by atoms with Crippen molar-refractivity contribution in [3.8, 4) is 11.1 Å². The molecule has 9 aromatic carbocycles. The third-order valence-corrected chi connectivity index (χ3v) is 20.5. The average molecular weight is 1070 g/mol. The normalized spacial score (nSPS) is 13.5. The summed E-state index contributed by atoms with van der Waals surface area (Å²) in [6, 6.07) is 72.9. The van der Waals surface area contributed by atoms with Crippen molar-refractivity contribution in [3.63, 3.8) is 0 Å². The lowest BCUT2D eigenvalue weighted by atomic mass is 9.67. The van der Waals surface area contributed by atoms with Crippen LogP contribution in [-0.4, -0.2) is 22.9 Å². The maximum atomic E-state index is 7.49. The molecule has 4 nitrogen and oxygen atoms in total. The Balaban J connectivity index is 1.32. The summed E-state index contributed by atoms with van der Waals surface area (Å²) in [6.07, 6.45) is 4.37. The Kier molecular flexibility index (Phi) is 13.4. The molecule has 0 spiro atoms. The zero-order chi connectivity index (χ0) is 55.8. The van der Waals surface area contributed by atoms with E-state index in [1.54, 1.807) is 0 Å². The van der Waals surface area contributed by atoms with E-state index in [1.807, 2.05) is 0 Å². The average Bonchev–Trinajstić information content (AvgIpc) is 2.55. The molecule has 1 aliphatic carbocycles. The SMILES string of the molecule is C=Nc1c(/C=C\C)c(N(c2ccc(C(C)(C)C)cc2)c2ccc([Si](C)(C)C)cc2)cc2c1-c1c(cc(N(c3ccc(C(C)(C)C)cc3)c3ccc([Si](C)(C)C)cc3)c3c1oc1ccccc13)C2(c1ccccc1)c1ccccc1. The summed E-state index contributed by atoms with van der Waals surface area (Å²) in [5, 5.41) is 4.92. The van der Waals surface area contributed by atoms with Gasteiger partial charge in [-0.05, 0) is 125 Å². The standard InChI is InChI=1S/C73H75N3OSi2/c1-15-24-59-63(75(53-35-31-49(32-36-53)71(2,3)4)55-39-43-57(44-40-55)78(9,10)11)47-61-67(69(59)74-8)68-62(73(61,51-25-18-16-19-26-51)52-27-20-17-21-28-52)48-64(66-60-29-22-23-30-65(60)77-70(66)68)76(54-37-33-50(34-38-54)72(5,6)7)56-41-45-58(46-42-56)79(12,13)14/h15-48H,8H2,1-7,9-14H3/b24-15-. The number of nitrogens with zero attached hydrogens (tertiary/aromatic N) is 3. The van der Waals surface area contributed by atoms with E-state index in [9.17, 15) is 0 Å². The number of aliphatic imine (C=N–C) groups is 1. The zero-order valence-corrected chi connectivity index (χ0v) is 50.6. The van der Waals surface area contributed by atoms with Gasteiger partial charge in [0, 0.05) is 44.8 Å². The van der Waals surface area contributed by atoms with Crippen molar-refractivity contribution >= 4 is 101 Å². The van der Waals surface area contributed by atoms with E-state index in [0.29, 0.717) is 0 Å². The topological polar surface area (TPSA) is 32.0 Å². The summed E-state index contributed by atoms with van der Waals surface area (Å²) < 4.78 is 7.49. The molecule has 0 bridgehead atoms. The van der Waals surface area contributed by atoms with Gasteiger partial charge in [-0.3, -0.25) is 4.99 Å². The van der Waals surface area contributed by atoms with Crippen LogP contribution in [0.4, 0.5) is 39.8 Å². The van der Waals surface area contributed by atoms with Gasteiger partial charge in [-0.15, -0.1) is 0 Å². The minimum atomic E-state index is -1.64. The first kappa shape index (κ1) is 53.2. The number of hydrogen-bond donors (Lipinski definition) is 0. The summed E-state index contributed by atoms with van der Waals surface area (Å²) in [5.41, 5.74) is 17.9. The number of para-hydroxylation sites is 1. The molecule has 0 aliphatic heterocycles. The van der Waals surface area contributed by atoms with Crippen molar-refractivity contribution < 1.29 is 4.42 Å². The fourth-order valence-corrected chi connectivity index (χ4v) is 14.4. The lowest BCUT2D eigenvalue weighted by molar-refractivity contribution is 0.590. The minimum Gasteiger partial charge on any atom is -0.455 e. The van der Waals surface area contributed by atoms with Gasteiger partial charge in [0.05, 0.1) is 44.0 Å². The number of rotatable bonds is 12. The smallest absolute Gasteiger partial charge is 0.145 e. The number of fused-ring (bicyclic) bond motifs is 7.